The van der Waals surface area contributed by atoms with E-state index in [1.807, 2.05) is 24.3 Å². The molecule has 3 aromatic rings. The van der Waals surface area contributed by atoms with Crippen LogP contribution in [0.4, 0.5) is 5.69 Å². The third kappa shape index (κ3) is 2.37. The minimum absolute atomic E-state index is 0.568. The van der Waals surface area contributed by atoms with Crippen molar-refractivity contribution < 1.29 is 4.42 Å². The molecule has 0 amide bonds. The zero-order valence-corrected chi connectivity index (χ0v) is 11.5. The van der Waals surface area contributed by atoms with Gasteiger partial charge in [-0.15, -0.1) is 0 Å². The van der Waals surface area contributed by atoms with E-state index in [-0.39, 0.29) is 0 Å². The molecule has 3 rings (SSSR count). The number of nitrogen functional groups attached to an aromatic ring is 1. The van der Waals surface area contributed by atoms with Gasteiger partial charge in [0.25, 0.3) is 0 Å². The summed E-state index contributed by atoms with van der Waals surface area (Å²) in [6.45, 7) is 0. The van der Waals surface area contributed by atoms with Gasteiger partial charge in [0, 0.05) is 21.8 Å². The highest BCUT2D eigenvalue weighted by Gasteiger charge is 2.10. The second-order valence-corrected chi connectivity index (χ2v) is 4.92. The summed E-state index contributed by atoms with van der Waals surface area (Å²) >= 11 is 3.39. The van der Waals surface area contributed by atoms with Gasteiger partial charge >= 0.3 is 0 Å². The third-order valence-electron chi connectivity index (χ3n) is 2.71. The molecule has 19 heavy (non-hydrogen) atoms. The van der Waals surface area contributed by atoms with E-state index < -0.39 is 0 Å². The number of nitrogens with zero attached hydrogens (tertiary/aromatic N) is 2. The van der Waals surface area contributed by atoms with Crippen molar-refractivity contribution in [1.29, 1.82) is 0 Å². The van der Waals surface area contributed by atoms with Gasteiger partial charge in [-0.1, -0.05) is 15.9 Å². The molecule has 0 saturated carbocycles. The summed E-state index contributed by atoms with van der Waals surface area (Å²) in [7, 11) is 0. The number of hydrogen-bond acceptors (Lipinski definition) is 4. The van der Waals surface area contributed by atoms with Gasteiger partial charge in [-0.25, -0.2) is 4.98 Å². The lowest BCUT2D eigenvalue weighted by Gasteiger charge is -2.00. The van der Waals surface area contributed by atoms with Gasteiger partial charge in [0.05, 0.1) is 18.1 Å². The predicted molar refractivity (Wildman–Crippen MR) is 77.3 cm³/mol. The molecule has 0 spiro atoms. The molecule has 4 nitrogen and oxygen atoms in total. The van der Waals surface area contributed by atoms with Crippen LogP contribution in [-0.4, -0.2) is 9.97 Å². The Labute approximate surface area is 118 Å². The topological polar surface area (TPSA) is 64.9 Å². The molecule has 5 heteroatoms. The number of oxazole rings is 1. The first kappa shape index (κ1) is 11.9. The van der Waals surface area contributed by atoms with Gasteiger partial charge in [-0.3, -0.25) is 4.98 Å². The summed E-state index contributed by atoms with van der Waals surface area (Å²) in [5.74, 6) is 1.21. The van der Waals surface area contributed by atoms with E-state index in [0.29, 0.717) is 17.3 Å². The average Bonchev–Trinajstić information content (AvgIpc) is 2.89. The highest BCUT2D eigenvalue weighted by atomic mass is 79.9. The number of nitrogens with two attached hydrogens (primary N) is 1. The molecule has 0 fully saturated rings. The SMILES string of the molecule is Nc1cnccc1-c1cnc(-c2ccc(Br)cc2)o1. The van der Waals surface area contributed by atoms with Crippen LogP contribution in [0.15, 0.2) is 57.8 Å². The summed E-state index contributed by atoms with van der Waals surface area (Å²) in [6, 6.07) is 9.58. The minimum atomic E-state index is 0.568. The Bertz CT molecular complexity index is 707. The van der Waals surface area contributed by atoms with Crippen molar-refractivity contribution in [2.24, 2.45) is 0 Å². The standard InChI is InChI=1S/C14H10BrN3O/c15-10-3-1-9(2-4-10)14-18-8-13(19-14)11-5-6-17-7-12(11)16/h1-8H,16H2. The average molecular weight is 316 g/mol. The van der Waals surface area contributed by atoms with Crippen molar-refractivity contribution in [2.75, 3.05) is 5.73 Å². The number of rotatable bonds is 2. The van der Waals surface area contributed by atoms with E-state index in [9.17, 15) is 0 Å². The lowest BCUT2D eigenvalue weighted by molar-refractivity contribution is 0.589. The monoisotopic (exact) mass is 315 g/mol. The minimum Gasteiger partial charge on any atom is -0.436 e. The Balaban J connectivity index is 2.00. The maximum absolute atomic E-state index is 5.86. The first-order valence-electron chi connectivity index (χ1n) is 5.65. The molecule has 2 N–H and O–H groups in total. The van der Waals surface area contributed by atoms with Gasteiger partial charge in [0.2, 0.25) is 5.89 Å². The highest BCUT2D eigenvalue weighted by molar-refractivity contribution is 9.10. The fourth-order valence-corrected chi connectivity index (χ4v) is 2.02. The zero-order chi connectivity index (χ0) is 13.2. The first-order valence-corrected chi connectivity index (χ1v) is 6.45. The Morgan fingerprint density at radius 2 is 1.84 bits per heavy atom. The molecule has 0 radical (unpaired) electrons. The Hall–Kier alpha value is -2.14. The number of benzene rings is 1. The van der Waals surface area contributed by atoms with E-state index in [1.165, 1.54) is 0 Å². The zero-order valence-electron chi connectivity index (χ0n) is 9.88. The second-order valence-electron chi connectivity index (χ2n) is 4.00. The van der Waals surface area contributed by atoms with Crippen LogP contribution in [0.5, 0.6) is 0 Å². The quantitative estimate of drug-likeness (QED) is 0.782. The van der Waals surface area contributed by atoms with Gasteiger partial charge in [0.1, 0.15) is 0 Å². The summed E-state index contributed by atoms with van der Waals surface area (Å²) in [6.07, 6.45) is 4.94. The fourth-order valence-electron chi connectivity index (χ4n) is 1.76. The second kappa shape index (κ2) is 4.85. The molecule has 94 valence electrons. The van der Waals surface area contributed by atoms with Crippen molar-refractivity contribution in [2.45, 2.75) is 0 Å². The fraction of sp³-hybridized carbons (Fsp3) is 0. The van der Waals surface area contributed by atoms with Gasteiger partial charge < -0.3 is 10.2 Å². The lowest BCUT2D eigenvalue weighted by atomic mass is 10.2. The molecule has 0 aliphatic rings. The molecule has 1 aromatic carbocycles. The molecule has 0 aliphatic carbocycles. The largest absolute Gasteiger partial charge is 0.436 e. The van der Waals surface area contributed by atoms with E-state index in [2.05, 4.69) is 25.9 Å². The van der Waals surface area contributed by atoms with Gasteiger partial charge in [0.15, 0.2) is 5.76 Å². The van der Waals surface area contributed by atoms with E-state index in [4.69, 9.17) is 10.2 Å². The Kier molecular flexibility index (Phi) is 3.05. The summed E-state index contributed by atoms with van der Waals surface area (Å²) in [5.41, 5.74) is 8.15. The lowest BCUT2D eigenvalue weighted by Crippen LogP contribution is -1.89. The van der Waals surface area contributed by atoms with Crippen LogP contribution in [0.2, 0.25) is 0 Å². The number of halogens is 1. The molecule has 2 heterocycles. The maximum Gasteiger partial charge on any atom is 0.226 e. The number of pyridine rings is 1. The van der Waals surface area contributed by atoms with Crippen molar-refractivity contribution in [3.63, 3.8) is 0 Å². The molecule has 2 aromatic heterocycles. The molecular weight excluding hydrogens is 306 g/mol. The van der Waals surface area contributed by atoms with Crippen molar-refractivity contribution in [1.82, 2.24) is 9.97 Å². The van der Waals surface area contributed by atoms with Crippen LogP contribution in [0, 0.1) is 0 Å². The molecular formula is C14H10BrN3O. The normalized spacial score (nSPS) is 10.6. The highest BCUT2D eigenvalue weighted by Crippen LogP contribution is 2.29. The van der Waals surface area contributed by atoms with E-state index in [1.54, 1.807) is 24.7 Å². The summed E-state index contributed by atoms with van der Waals surface area (Å²) in [4.78, 5) is 8.23. The maximum atomic E-state index is 5.86. The number of anilines is 1. The van der Waals surface area contributed by atoms with Gasteiger partial charge in [-0.2, -0.15) is 0 Å². The van der Waals surface area contributed by atoms with Crippen LogP contribution >= 0.6 is 15.9 Å². The number of aromatic nitrogens is 2. The number of hydrogen-bond donors (Lipinski definition) is 1. The third-order valence-corrected chi connectivity index (χ3v) is 3.24. The summed E-state index contributed by atoms with van der Waals surface area (Å²) < 4.78 is 6.76. The van der Waals surface area contributed by atoms with E-state index in [0.717, 1.165) is 15.6 Å². The van der Waals surface area contributed by atoms with E-state index >= 15 is 0 Å². The van der Waals surface area contributed by atoms with Crippen LogP contribution in [0.25, 0.3) is 22.8 Å². The van der Waals surface area contributed by atoms with Crippen molar-refractivity contribution in [3.8, 4) is 22.8 Å². The van der Waals surface area contributed by atoms with Crippen molar-refractivity contribution in [3.05, 3.63) is 53.4 Å². The Morgan fingerprint density at radius 1 is 1.05 bits per heavy atom. The van der Waals surface area contributed by atoms with Gasteiger partial charge in [-0.05, 0) is 30.3 Å². The summed E-state index contributed by atoms with van der Waals surface area (Å²) in [5, 5.41) is 0. The van der Waals surface area contributed by atoms with Crippen molar-refractivity contribution >= 4 is 21.6 Å². The first-order chi connectivity index (χ1) is 9.24. The molecule has 0 atom stereocenters. The molecule has 0 bridgehead atoms. The smallest absolute Gasteiger partial charge is 0.226 e. The Morgan fingerprint density at radius 3 is 2.58 bits per heavy atom. The van der Waals surface area contributed by atoms with Crippen LogP contribution in [0.1, 0.15) is 0 Å². The molecule has 0 aliphatic heterocycles. The molecule has 0 unspecified atom stereocenters. The molecule has 0 saturated heterocycles. The van der Waals surface area contributed by atoms with Crippen LogP contribution in [-0.2, 0) is 0 Å². The van der Waals surface area contributed by atoms with Crippen LogP contribution in [0.3, 0.4) is 0 Å². The predicted octanol–water partition coefficient (Wildman–Crippen LogP) is 3.75. The van der Waals surface area contributed by atoms with Crippen LogP contribution < -0.4 is 5.73 Å².